The van der Waals surface area contributed by atoms with Crippen molar-refractivity contribution in [2.24, 2.45) is 0 Å². The van der Waals surface area contributed by atoms with E-state index in [4.69, 9.17) is 4.98 Å². The van der Waals surface area contributed by atoms with Gasteiger partial charge >= 0.3 is 0 Å². The van der Waals surface area contributed by atoms with E-state index in [1.807, 2.05) is 6.33 Å². The Balaban J connectivity index is 1.70. The summed E-state index contributed by atoms with van der Waals surface area (Å²) < 4.78 is 3.35. The first-order valence-corrected chi connectivity index (χ1v) is 11.5. The molecule has 0 aliphatic heterocycles. The molecule has 0 spiro atoms. The summed E-state index contributed by atoms with van der Waals surface area (Å²) in [6, 6.07) is 40.5. The fourth-order valence-electron chi connectivity index (χ4n) is 4.43. The van der Waals surface area contributed by atoms with Crippen molar-refractivity contribution in [3.8, 4) is 0 Å². The normalized spacial score (nSPS) is 11.4. The zero-order chi connectivity index (χ0) is 21.8. The van der Waals surface area contributed by atoms with Gasteiger partial charge in [-0.2, -0.15) is 0 Å². The minimum absolute atomic E-state index is 0.519. The molecule has 0 saturated heterocycles. The highest BCUT2D eigenvalue weighted by Gasteiger charge is 2.38. The predicted molar refractivity (Wildman–Crippen MR) is 134 cm³/mol. The zero-order valence-electron chi connectivity index (χ0n) is 17.6. The third-order valence-corrected chi connectivity index (χ3v) is 6.43. The molecule has 3 heteroatoms. The fourth-order valence-corrected chi connectivity index (χ4v) is 4.70. The van der Waals surface area contributed by atoms with Crippen molar-refractivity contribution in [1.29, 1.82) is 0 Å². The van der Waals surface area contributed by atoms with E-state index in [1.165, 1.54) is 22.3 Å². The van der Waals surface area contributed by atoms with Crippen LogP contribution in [0.15, 0.2) is 132 Å². The number of rotatable bonds is 6. The number of benzene rings is 4. The molecule has 0 radical (unpaired) electrons. The molecule has 4 aromatic carbocycles. The van der Waals surface area contributed by atoms with Crippen LogP contribution < -0.4 is 0 Å². The summed E-state index contributed by atoms with van der Waals surface area (Å²) in [5.41, 5.74) is 5.36. The van der Waals surface area contributed by atoms with Gasteiger partial charge in [0, 0.05) is 17.1 Å². The van der Waals surface area contributed by atoms with E-state index in [-0.39, 0.29) is 0 Å². The minimum atomic E-state index is -0.519. The van der Waals surface area contributed by atoms with Gasteiger partial charge in [0.25, 0.3) is 0 Å². The molecule has 0 aliphatic rings. The molecule has 0 aliphatic carbocycles. The van der Waals surface area contributed by atoms with Gasteiger partial charge in [0.1, 0.15) is 5.54 Å². The average Bonchev–Trinajstić information content (AvgIpc) is 3.32. The van der Waals surface area contributed by atoms with Crippen LogP contribution in [0.1, 0.15) is 27.9 Å². The molecule has 2 nitrogen and oxygen atoms in total. The molecule has 1 heterocycles. The second kappa shape index (κ2) is 8.97. The Kier molecular flexibility index (Phi) is 5.74. The van der Waals surface area contributed by atoms with Crippen molar-refractivity contribution >= 4 is 15.9 Å². The second-order valence-electron chi connectivity index (χ2n) is 7.88. The van der Waals surface area contributed by atoms with Gasteiger partial charge < -0.3 is 4.57 Å². The topological polar surface area (TPSA) is 17.8 Å². The Bertz CT molecular complexity index is 1180. The molecular weight excluding hydrogens is 456 g/mol. The van der Waals surface area contributed by atoms with Gasteiger partial charge in [-0.05, 0) is 34.4 Å². The lowest BCUT2D eigenvalue weighted by Crippen LogP contribution is -2.36. The van der Waals surface area contributed by atoms with Crippen LogP contribution in [0.25, 0.3) is 0 Å². The van der Waals surface area contributed by atoms with Crippen LogP contribution in [0.2, 0.25) is 0 Å². The Morgan fingerprint density at radius 2 is 1.09 bits per heavy atom. The Hall–Kier alpha value is -3.43. The van der Waals surface area contributed by atoms with E-state index < -0.39 is 5.54 Å². The Morgan fingerprint density at radius 3 is 1.56 bits per heavy atom. The fraction of sp³-hybridized carbons (Fsp3) is 0.0690. The molecule has 0 N–H and O–H groups in total. The standard InChI is InChI=1S/C29H23BrN2/c30-27-18-16-23(17-19-27)20-28-21-32(22-31-28)29(24-10-4-1-5-11-24,25-12-6-2-7-13-25)26-14-8-3-9-15-26/h1-19,21-22H,20H2. The molecule has 0 saturated carbocycles. The van der Waals surface area contributed by atoms with E-state index >= 15 is 0 Å². The highest BCUT2D eigenvalue weighted by Crippen LogP contribution is 2.40. The maximum atomic E-state index is 4.83. The second-order valence-corrected chi connectivity index (χ2v) is 8.80. The third-order valence-electron chi connectivity index (χ3n) is 5.90. The van der Waals surface area contributed by atoms with Crippen molar-refractivity contribution < 1.29 is 0 Å². The average molecular weight is 479 g/mol. The van der Waals surface area contributed by atoms with Gasteiger partial charge in [-0.1, -0.05) is 119 Å². The van der Waals surface area contributed by atoms with Gasteiger partial charge in [-0.25, -0.2) is 4.98 Å². The molecule has 0 bridgehead atoms. The van der Waals surface area contributed by atoms with Crippen LogP contribution in [-0.4, -0.2) is 9.55 Å². The molecule has 1 aromatic heterocycles. The van der Waals surface area contributed by atoms with Gasteiger partial charge in [0.05, 0.1) is 12.0 Å². The number of hydrogen-bond donors (Lipinski definition) is 0. The largest absolute Gasteiger partial charge is 0.319 e. The Morgan fingerprint density at radius 1 is 0.625 bits per heavy atom. The molecule has 156 valence electrons. The maximum absolute atomic E-state index is 4.83. The SMILES string of the molecule is Brc1ccc(Cc2cn(C(c3ccccc3)(c3ccccc3)c3ccccc3)cn2)cc1. The van der Waals surface area contributed by atoms with Crippen molar-refractivity contribution in [2.45, 2.75) is 12.0 Å². The quantitative estimate of drug-likeness (QED) is 0.238. The molecule has 5 aromatic rings. The van der Waals surface area contributed by atoms with Crippen LogP contribution in [0.4, 0.5) is 0 Å². The Labute approximate surface area is 197 Å². The van der Waals surface area contributed by atoms with E-state index in [0.29, 0.717) is 0 Å². The van der Waals surface area contributed by atoms with Gasteiger partial charge in [-0.3, -0.25) is 0 Å². The summed E-state index contributed by atoms with van der Waals surface area (Å²) in [6.07, 6.45) is 4.95. The number of halogens is 1. The number of aromatic nitrogens is 2. The lowest BCUT2D eigenvalue weighted by atomic mass is 9.77. The summed E-state index contributed by atoms with van der Waals surface area (Å²) in [5.74, 6) is 0. The summed E-state index contributed by atoms with van der Waals surface area (Å²) >= 11 is 3.52. The first kappa shape index (κ1) is 20.5. The van der Waals surface area contributed by atoms with Gasteiger partial charge in [-0.15, -0.1) is 0 Å². The monoisotopic (exact) mass is 478 g/mol. The lowest BCUT2D eigenvalue weighted by molar-refractivity contribution is 0.514. The number of imidazole rings is 1. The van der Waals surface area contributed by atoms with Crippen molar-refractivity contribution in [2.75, 3.05) is 0 Å². The first-order chi connectivity index (χ1) is 15.8. The maximum Gasteiger partial charge on any atom is 0.121 e. The third kappa shape index (κ3) is 3.80. The van der Waals surface area contributed by atoms with Crippen LogP contribution >= 0.6 is 15.9 Å². The molecular formula is C29H23BrN2. The highest BCUT2D eigenvalue weighted by atomic mass is 79.9. The number of hydrogen-bond acceptors (Lipinski definition) is 1. The summed E-state index contributed by atoms with van der Waals surface area (Å²) in [6.45, 7) is 0. The van der Waals surface area contributed by atoms with Crippen LogP contribution in [0.3, 0.4) is 0 Å². The molecule has 0 unspecified atom stereocenters. The molecule has 32 heavy (non-hydrogen) atoms. The lowest BCUT2D eigenvalue weighted by Gasteiger charge is -2.37. The van der Waals surface area contributed by atoms with E-state index in [2.05, 4.69) is 142 Å². The van der Waals surface area contributed by atoms with Crippen molar-refractivity contribution in [3.05, 3.63) is 160 Å². The van der Waals surface area contributed by atoms with Crippen LogP contribution in [0, 0.1) is 0 Å². The summed E-state index contributed by atoms with van der Waals surface area (Å²) in [7, 11) is 0. The van der Waals surface area contributed by atoms with E-state index in [1.54, 1.807) is 0 Å². The summed E-state index contributed by atoms with van der Waals surface area (Å²) in [5, 5.41) is 0. The van der Waals surface area contributed by atoms with Crippen molar-refractivity contribution in [3.63, 3.8) is 0 Å². The number of nitrogens with zero attached hydrogens (tertiary/aromatic N) is 2. The molecule has 0 atom stereocenters. The molecule has 5 rings (SSSR count). The van der Waals surface area contributed by atoms with Crippen molar-refractivity contribution in [1.82, 2.24) is 9.55 Å². The van der Waals surface area contributed by atoms with Crippen LogP contribution in [0.5, 0.6) is 0 Å². The highest BCUT2D eigenvalue weighted by molar-refractivity contribution is 9.10. The predicted octanol–water partition coefficient (Wildman–Crippen LogP) is 7.08. The van der Waals surface area contributed by atoms with E-state index in [0.717, 1.165) is 16.6 Å². The first-order valence-electron chi connectivity index (χ1n) is 10.7. The smallest absolute Gasteiger partial charge is 0.121 e. The van der Waals surface area contributed by atoms with Gasteiger partial charge in [0.2, 0.25) is 0 Å². The molecule has 0 fully saturated rings. The van der Waals surface area contributed by atoms with Gasteiger partial charge in [0.15, 0.2) is 0 Å². The minimum Gasteiger partial charge on any atom is -0.319 e. The summed E-state index contributed by atoms with van der Waals surface area (Å²) in [4.78, 5) is 4.83. The van der Waals surface area contributed by atoms with Crippen LogP contribution in [-0.2, 0) is 12.0 Å². The van der Waals surface area contributed by atoms with E-state index in [9.17, 15) is 0 Å². The zero-order valence-corrected chi connectivity index (χ0v) is 19.2. The molecule has 0 amide bonds.